The number of para-hydroxylation sites is 1. The summed E-state index contributed by atoms with van der Waals surface area (Å²) in [5, 5.41) is 4.98. The molecule has 5 nitrogen and oxygen atoms in total. The Morgan fingerprint density at radius 2 is 1.85 bits per heavy atom. The Morgan fingerprint density at radius 3 is 2.62 bits per heavy atom. The van der Waals surface area contributed by atoms with E-state index >= 15 is 0 Å². The van der Waals surface area contributed by atoms with Gasteiger partial charge in [-0.15, -0.1) is 0 Å². The van der Waals surface area contributed by atoms with Crippen molar-refractivity contribution in [2.24, 2.45) is 0 Å². The molecule has 0 unspecified atom stereocenters. The van der Waals surface area contributed by atoms with Gasteiger partial charge in [-0.2, -0.15) is 0 Å². The third kappa shape index (κ3) is 2.85. The van der Waals surface area contributed by atoms with Gasteiger partial charge in [0.15, 0.2) is 5.58 Å². The Bertz CT molecular complexity index is 1130. The maximum Gasteiger partial charge on any atom is 0.348 e. The van der Waals surface area contributed by atoms with Crippen LogP contribution >= 0.6 is 11.6 Å². The van der Waals surface area contributed by atoms with Gasteiger partial charge in [0.1, 0.15) is 11.0 Å². The number of anilines is 1. The monoisotopic (exact) mass is 369 g/mol. The highest BCUT2D eigenvalue weighted by Crippen LogP contribution is 2.39. The second-order valence-corrected chi connectivity index (χ2v) is 6.26. The number of furan rings is 1. The smallest absolute Gasteiger partial charge is 0.348 e. The largest absolute Gasteiger partial charge is 0.439 e. The van der Waals surface area contributed by atoms with Crippen molar-refractivity contribution >= 4 is 39.4 Å². The molecule has 4 aromatic rings. The van der Waals surface area contributed by atoms with Crippen molar-refractivity contribution in [1.29, 1.82) is 0 Å². The van der Waals surface area contributed by atoms with E-state index in [4.69, 9.17) is 25.2 Å². The molecule has 0 aliphatic heterocycles. The highest BCUT2D eigenvalue weighted by molar-refractivity contribution is 6.30. The van der Waals surface area contributed by atoms with E-state index in [-0.39, 0.29) is 0 Å². The molecule has 0 atom stereocenters. The Morgan fingerprint density at radius 1 is 1.08 bits per heavy atom. The van der Waals surface area contributed by atoms with Crippen molar-refractivity contribution in [3.05, 3.63) is 64.0 Å². The predicted molar refractivity (Wildman–Crippen MR) is 103 cm³/mol. The van der Waals surface area contributed by atoms with Crippen LogP contribution in [0.5, 0.6) is 0 Å². The summed E-state index contributed by atoms with van der Waals surface area (Å²) >= 11 is 6.01. The molecule has 132 valence electrons. The summed E-state index contributed by atoms with van der Waals surface area (Å²) in [7, 11) is 1.63. The van der Waals surface area contributed by atoms with Crippen molar-refractivity contribution in [2.45, 2.75) is 0 Å². The molecule has 1 N–H and O–H groups in total. The van der Waals surface area contributed by atoms with Crippen LogP contribution in [0.3, 0.4) is 0 Å². The minimum Gasteiger partial charge on any atom is -0.439 e. The molecule has 0 radical (unpaired) electrons. The van der Waals surface area contributed by atoms with Crippen LogP contribution in [-0.2, 0) is 4.74 Å². The van der Waals surface area contributed by atoms with Crippen LogP contribution in [0.2, 0.25) is 5.02 Å². The van der Waals surface area contributed by atoms with Gasteiger partial charge in [-0.1, -0.05) is 35.9 Å². The average molecular weight is 370 g/mol. The highest BCUT2D eigenvalue weighted by atomic mass is 35.5. The topological polar surface area (TPSA) is 64.6 Å². The van der Waals surface area contributed by atoms with E-state index in [0.29, 0.717) is 46.2 Å². The zero-order valence-electron chi connectivity index (χ0n) is 14.0. The number of hydrogen-bond donors (Lipinski definition) is 1. The maximum absolute atomic E-state index is 12.7. The number of methoxy groups -OCH3 is 1. The minimum atomic E-state index is -0.438. The number of ether oxygens (including phenoxy) is 1. The van der Waals surface area contributed by atoms with Crippen LogP contribution in [0.4, 0.5) is 5.88 Å². The number of fused-ring (bicyclic) bond motifs is 3. The lowest BCUT2D eigenvalue weighted by molar-refractivity contribution is 0.210. The second kappa shape index (κ2) is 6.86. The average Bonchev–Trinajstić information content (AvgIpc) is 3.03. The van der Waals surface area contributed by atoms with Crippen molar-refractivity contribution < 1.29 is 13.6 Å². The van der Waals surface area contributed by atoms with Gasteiger partial charge >= 0.3 is 5.63 Å². The molecule has 2 heterocycles. The summed E-state index contributed by atoms with van der Waals surface area (Å²) < 4.78 is 16.7. The fourth-order valence-corrected chi connectivity index (χ4v) is 3.12. The fourth-order valence-electron chi connectivity index (χ4n) is 2.99. The molecule has 26 heavy (non-hydrogen) atoms. The van der Waals surface area contributed by atoms with Gasteiger partial charge in [0.25, 0.3) is 0 Å². The molecule has 0 fully saturated rings. The summed E-state index contributed by atoms with van der Waals surface area (Å²) in [4.78, 5) is 12.7. The molecule has 0 aliphatic rings. The van der Waals surface area contributed by atoms with Crippen molar-refractivity contribution in [1.82, 2.24) is 0 Å². The first kappa shape index (κ1) is 16.7. The highest BCUT2D eigenvalue weighted by Gasteiger charge is 2.22. The standard InChI is InChI=1S/C20H16ClNO4/c1-24-11-10-22-19-16(12-6-8-13(21)9-7-12)17-18(26-19)14-4-2-3-5-15(14)25-20(17)23/h2-9,22H,10-11H2,1H3. The van der Waals surface area contributed by atoms with E-state index in [0.717, 1.165) is 10.9 Å². The first-order valence-electron chi connectivity index (χ1n) is 8.16. The van der Waals surface area contributed by atoms with E-state index in [1.165, 1.54) is 0 Å². The molecule has 0 saturated carbocycles. The zero-order chi connectivity index (χ0) is 18.1. The molecule has 2 aromatic heterocycles. The molecule has 2 aromatic carbocycles. The van der Waals surface area contributed by atoms with Gasteiger partial charge in [-0.25, -0.2) is 4.79 Å². The van der Waals surface area contributed by atoms with Crippen LogP contribution in [-0.4, -0.2) is 20.3 Å². The minimum absolute atomic E-state index is 0.408. The van der Waals surface area contributed by atoms with E-state index in [1.807, 2.05) is 30.3 Å². The summed E-state index contributed by atoms with van der Waals surface area (Å²) in [6, 6.07) is 14.6. The molecule has 0 saturated heterocycles. The van der Waals surface area contributed by atoms with Crippen LogP contribution in [0.25, 0.3) is 33.1 Å². The third-order valence-electron chi connectivity index (χ3n) is 4.17. The third-order valence-corrected chi connectivity index (χ3v) is 4.42. The van der Waals surface area contributed by atoms with E-state index < -0.39 is 5.63 Å². The quantitative estimate of drug-likeness (QED) is 0.399. The second-order valence-electron chi connectivity index (χ2n) is 5.82. The van der Waals surface area contributed by atoms with Gasteiger partial charge in [0.05, 0.1) is 17.6 Å². The molecule has 0 amide bonds. The predicted octanol–water partition coefficient (Wildman–Crippen LogP) is 4.92. The molecule has 0 spiro atoms. The van der Waals surface area contributed by atoms with E-state index in [9.17, 15) is 4.79 Å². The molecule has 0 bridgehead atoms. The number of halogens is 1. The van der Waals surface area contributed by atoms with E-state index in [1.54, 1.807) is 25.3 Å². The van der Waals surface area contributed by atoms with Crippen molar-refractivity contribution in [2.75, 3.05) is 25.6 Å². The normalized spacial score (nSPS) is 11.3. The van der Waals surface area contributed by atoms with Crippen LogP contribution in [0.1, 0.15) is 0 Å². The first-order valence-corrected chi connectivity index (χ1v) is 8.54. The zero-order valence-corrected chi connectivity index (χ0v) is 14.8. The van der Waals surface area contributed by atoms with Gasteiger partial charge in [0.2, 0.25) is 5.88 Å². The molecule has 6 heteroatoms. The Labute approximate surface area is 154 Å². The lowest BCUT2D eigenvalue weighted by atomic mass is 10.0. The molecular formula is C20H16ClNO4. The summed E-state index contributed by atoms with van der Waals surface area (Å²) in [5.41, 5.74) is 2.03. The van der Waals surface area contributed by atoms with Gasteiger partial charge < -0.3 is 18.9 Å². The summed E-state index contributed by atoms with van der Waals surface area (Å²) in [5.74, 6) is 0.503. The van der Waals surface area contributed by atoms with E-state index in [2.05, 4.69) is 5.32 Å². The van der Waals surface area contributed by atoms with Crippen LogP contribution in [0.15, 0.2) is 62.2 Å². The first-order chi connectivity index (χ1) is 12.7. The van der Waals surface area contributed by atoms with Crippen LogP contribution in [0, 0.1) is 0 Å². The summed E-state index contributed by atoms with van der Waals surface area (Å²) in [6.45, 7) is 1.05. The Hall–Kier alpha value is -2.76. The van der Waals surface area contributed by atoms with Gasteiger partial charge in [0, 0.05) is 18.7 Å². The van der Waals surface area contributed by atoms with Crippen molar-refractivity contribution in [3.8, 4) is 11.1 Å². The lowest BCUT2D eigenvalue weighted by Gasteiger charge is -2.06. The SMILES string of the molecule is COCCNc1oc2c(c1-c1ccc(Cl)cc1)c(=O)oc1ccccc12. The number of rotatable bonds is 5. The molecular weight excluding hydrogens is 354 g/mol. The number of benzene rings is 2. The number of hydrogen-bond acceptors (Lipinski definition) is 5. The molecule has 4 rings (SSSR count). The van der Waals surface area contributed by atoms with Crippen LogP contribution < -0.4 is 10.9 Å². The van der Waals surface area contributed by atoms with Gasteiger partial charge in [-0.3, -0.25) is 0 Å². The lowest BCUT2D eigenvalue weighted by Crippen LogP contribution is -2.07. The Kier molecular flexibility index (Phi) is 4.41. The Balaban J connectivity index is 2.02. The number of nitrogens with one attached hydrogen (secondary N) is 1. The van der Waals surface area contributed by atoms with Crippen molar-refractivity contribution in [3.63, 3.8) is 0 Å². The maximum atomic E-state index is 12.7. The summed E-state index contributed by atoms with van der Waals surface area (Å²) in [6.07, 6.45) is 0. The fraction of sp³-hybridized carbons (Fsp3) is 0.150. The molecule has 0 aliphatic carbocycles. The van der Waals surface area contributed by atoms with Gasteiger partial charge in [-0.05, 0) is 29.8 Å².